The molecule has 140 valence electrons. The van der Waals surface area contributed by atoms with Crippen LogP contribution in [0.3, 0.4) is 0 Å². The maximum Gasteiger partial charge on any atom is 0.166 e. The van der Waals surface area contributed by atoms with Crippen molar-refractivity contribution < 1.29 is 9.90 Å². The Bertz CT molecular complexity index is 946. The normalized spacial score (nSPS) is 11.2. The summed E-state index contributed by atoms with van der Waals surface area (Å²) in [5.41, 5.74) is 4.68. The van der Waals surface area contributed by atoms with E-state index in [1.807, 2.05) is 42.7 Å². The molecule has 0 spiro atoms. The monoisotopic (exact) mass is 402 g/mol. The minimum Gasteiger partial charge on any atom is -0.392 e. The molecular formula is C21H20Cl2N2O2. The third-order valence-corrected chi connectivity index (χ3v) is 4.96. The number of hydrogen-bond acceptors (Lipinski definition) is 3. The highest BCUT2D eigenvalue weighted by Gasteiger charge is 2.25. The van der Waals surface area contributed by atoms with Gasteiger partial charge >= 0.3 is 0 Å². The molecule has 0 bridgehead atoms. The molecule has 27 heavy (non-hydrogen) atoms. The molecule has 0 saturated carbocycles. The molecule has 3 rings (SSSR count). The van der Waals surface area contributed by atoms with Crippen molar-refractivity contribution in [1.29, 1.82) is 0 Å². The zero-order valence-electron chi connectivity index (χ0n) is 15.1. The van der Waals surface area contributed by atoms with E-state index < -0.39 is 0 Å². The van der Waals surface area contributed by atoms with Crippen molar-refractivity contribution in [2.75, 3.05) is 0 Å². The smallest absolute Gasteiger partial charge is 0.166 e. The van der Waals surface area contributed by atoms with Crippen LogP contribution in [-0.4, -0.2) is 20.9 Å². The van der Waals surface area contributed by atoms with E-state index in [1.54, 1.807) is 18.5 Å². The van der Waals surface area contributed by atoms with Crippen LogP contribution in [0.4, 0.5) is 0 Å². The Kier molecular flexibility index (Phi) is 6.00. The van der Waals surface area contributed by atoms with Gasteiger partial charge in [-0.15, -0.1) is 0 Å². The fraction of sp³-hybridized carbons (Fsp3) is 0.238. The van der Waals surface area contributed by atoms with Crippen molar-refractivity contribution in [2.24, 2.45) is 0 Å². The van der Waals surface area contributed by atoms with Crippen LogP contribution >= 0.6 is 23.2 Å². The fourth-order valence-corrected chi connectivity index (χ4v) is 4.00. The molecule has 3 aromatic rings. The summed E-state index contributed by atoms with van der Waals surface area (Å²) in [4.78, 5) is 16.0. The zero-order valence-corrected chi connectivity index (χ0v) is 16.6. The van der Waals surface area contributed by atoms with E-state index in [0.29, 0.717) is 27.8 Å². The highest BCUT2D eigenvalue weighted by Crippen LogP contribution is 2.38. The van der Waals surface area contributed by atoms with Gasteiger partial charge in [-0.25, -0.2) is 0 Å². The van der Waals surface area contributed by atoms with E-state index in [9.17, 15) is 9.90 Å². The Morgan fingerprint density at radius 2 is 1.78 bits per heavy atom. The Morgan fingerprint density at radius 3 is 2.30 bits per heavy atom. The number of benzene rings is 1. The first-order chi connectivity index (χ1) is 13.0. The Morgan fingerprint density at radius 1 is 1.15 bits per heavy atom. The second-order valence-corrected chi connectivity index (χ2v) is 7.53. The lowest BCUT2D eigenvalue weighted by Gasteiger charge is -2.15. The number of carbonyl (C=O) groups excluding carboxylic acids is 1. The van der Waals surface area contributed by atoms with Gasteiger partial charge in [-0.1, -0.05) is 37.0 Å². The van der Waals surface area contributed by atoms with Gasteiger partial charge in [0.1, 0.15) is 0 Å². The van der Waals surface area contributed by atoms with E-state index in [1.165, 1.54) is 0 Å². The number of pyridine rings is 1. The average molecular weight is 403 g/mol. The third kappa shape index (κ3) is 3.93. The SMILES string of the molecule is CC(C)c1c(CO)c(C=O)n(Cc2ccncc2)c1-c1cc(Cl)cc(Cl)c1. The van der Waals surface area contributed by atoms with Gasteiger partial charge in [0.2, 0.25) is 0 Å². The number of carbonyl (C=O) groups is 1. The summed E-state index contributed by atoms with van der Waals surface area (Å²) < 4.78 is 1.92. The van der Waals surface area contributed by atoms with Gasteiger partial charge in [0.15, 0.2) is 6.29 Å². The molecule has 4 nitrogen and oxygen atoms in total. The largest absolute Gasteiger partial charge is 0.392 e. The lowest BCUT2D eigenvalue weighted by Crippen LogP contribution is -2.07. The molecule has 0 aliphatic heterocycles. The van der Waals surface area contributed by atoms with E-state index in [0.717, 1.165) is 28.7 Å². The maximum atomic E-state index is 12.0. The predicted octanol–water partition coefficient (Wildman–Crippen LogP) is 5.33. The molecule has 0 aliphatic carbocycles. The van der Waals surface area contributed by atoms with E-state index in [2.05, 4.69) is 4.98 Å². The third-order valence-electron chi connectivity index (χ3n) is 4.52. The average Bonchev–Trinajstić information content (AvgIpc) is 2.95. The Labute approximate surface area is 168 Å². The topological polar surface area (TPSA) is 55.1 Å². The molecular weight excluding hydrogens is 383 g/mol. The van der Waals surface area contributed by atoms with Gasteiger partial charge in [-0.3, -0.25) is 9.78 Å². The second kappa shape index (κ2) is 8.26. The van der Waals surface area contributed by atoms with E-state index in [-0.39, 0.29) is 12.5 Å². The van der Waals surface area contributed by atoms with Crippen molar-refractivity contribution in [2.45, 2.75) is 32.9 Å². The van der Waals surface area contributed by atoms with E-state index in [4.69, 9.17) is 23.2 Å². The molecule has 6 heteroatoms. The highest BCUT2D eigenvalue weighted by atomic mass is 35.5. The van der Waals surface area contributed by atoms with Gasteiger partial charge in [0.25, 0.3) is 0 Å². The number of halogens is 2. The summed E-state index contributed by atoms with van der Waals surface area (Å²) in [5, 5.41) is 11.0. The van der Waals surface area contributed by atoms with Crippen LogP contribution in [0.1, 0.15) is 46.9 Å². The second-order valence-electron chi connectivity index (χ2n) is 6.66. The Hall–Kier alpha value is -2.14. The van der Waals surface area contributed by atoms with Crippen LogP contribution in [0, 0.1) is 0 Å². The first-order valence-corrected chi connectivity index (χ1v) is 9.38. The highest BCUT2D eigenvalue weighted by molar-refractivity contribution is 6.35. The number of aliphatic hydroxyl groups excluding tert-OH is 1. The molecule has 0 fully saturated rings. The zero-order chi connectivity index (χ0) is 19.6. The van der Waals surface area contributed by atoms with Crippen LogP contribution in [-0.2, 0) is 13.2 Å². The summed E-state index contributed by atoms with van der Waals surface area (Å²) in [7, 11) is 0. The van der Waals surface area contributed by atoms with Crippen LogP contribution in [0.2, 0.25) is 10.0 Å². The molecule has 2 aromatic heterocycles. The fourth-order valence-electron chi connectivity index (χ4n) is 3.47. The lowest BCUT2D eigenvalue weighted by molar-refractivity contribution is 0.111. The first-order valence-electron chi connectivity index (χ1n) is 8.62. The minimum atomic E-state index is -0.216. The van der Waals surface area contributed by atoms with Crippen LogP contribution < -0.4 is 0 Å². The summed E-state index contributed by atoms with van der Waals surface area (Å²) in [6, 6.07) is 9.13. The van der Waals surface area contributed by atoms with E-state index >= 15 is 0 Å². The molecule has 0 unspecified atom stereocenters. The summed E-state index contributed by atoms with van der Waals surface area (Å²) in [6.45, 7) is 4.33. The van der Waals surface area contributed by atoms with Gasteiger partial charge in [0.05, 0.1) is 18.0 Å². The van der Waals surface area contributed by atoms with Crippen LogP contribution in [0.5, 0.6) is 0 Å². The van der Waals surface area contributed by atoms with Crippen molar-refractivity contribution >= 4 is 29.5 Å². The number of nitrogens with zero attached hydrogens (tertiary/aromatic N) is 2. The molecule has 2 heterocycles. The minimum absolute atomic E-state index is 0.0947. The maximum absolute atomic E-state index is 12.0. The van der Waals surface area contributed by atoms with Crippen molar-refractivity contribution in [3.63, 3.8) is 0 Å². The van der Waals surface area contributed by atoms with Crippen molar-refractivity contribution in [3.05, 3.63) is 75.2 Å². The standard InChI is InChI=1S/C21H20Cl2N2O2/c1-13(2)20-18(11-26)19(12-27)25(10-14-3-5-24-6-4-14)21(20)15-7-16(22)9-17(23)8-15/h3-9,12-13,26H,10-11H2,1-2H3. The van der Waals surface area contributed by atoms with Crippen LogP contribution in [0.25, 0.3) is 11.3 Å². The molecule has 0 saturated heterocycles. The van der Waals surface area contributed by atoms with Crippen molar-refractivity contribution in [3.8, 4) is 11.3 Å². The number of rotatable bonds is 6. The quantitative estimate of drug-likeness (QED) is 0.566. The predicted molar refractivity (Wildman–Crippen MR) is 109 cm³/mol. The number of aldehydes is 1. The molecule has 0 aliphatic rings. The molecule has 0 atom stereocenters. The summed E-state index contributed by atoms with van der Waals surface area (Å²) in [6.07, 6.45) is 4.23. The molecule has 0 amide bonds. The van der Waals surface area contributed by atoms with Crippen LogP contribution in [0.15, 0.2) is 42.7 Å². The molecule has 0 radical (unpaired) electrons. The Balaban J connectivity index is 2.34. The number of aromatic nitrogens is 2. The summed E-state index contributed by atoms with van der Waals surface area (Å²) >= 11 is 12.5. The van der Waals surface area contributed by atoms with Gasteiger partial charge < -0.3 is 9.67 Å². The lowest BCUT2D eigenvalue weighted by atomic mass is 9.95. The van der Waals surface area contributed by atoms with Crippen molar-refractivity contribution in [1.82, 2.24) is 9.55 Å². The van der Waals surface area contributed by atoms with Gasteiger partial charge in [-0.05, 0) is 47.4 Å². The molecule has 1 aromatic carbocycles. The number of hydrogen-bond donors (Lipinski definition) is 1. The van der Waals surface area contributed by atoms with Gasteiger partial charge in [-0.2, -0.15) is 0 Å². The number of aliphatic hydroxyl groups is 1. The van der Waals surface area contributed by atoms with Gasteiger partial charge in [0, 0.05) is 40.1 Å². The molecule has 1 N–H and O–H groups in total. The first kappa shape index (κ1) is 19.6. The summed E-state index contributed by atoms with van der Waals surface area (Å²) in [5.74, 6) is 0.0947.